The lowest BCUT2D eigenvalue weighted by molar-refractivity contribution is 0.102. The molecule has 4 aromatic rings. The molecule has 2 aromatic heterocycles. The van der Waals surface area contributed by atoms with Crippen molar-refractivity contribution in [3.05, 3.63) is 83.7 Å². The molecule has 0 spiro atoms. The van der Waals surface area contributed by atoms with Gasteiger partial charge < -0.3 is 10.1 Å². The van der Waals surface area contributed by atoms with Crippen LogP contribution in [-0.4, -0.2) is 33.0 Å². The van der Waals surface area contributed by atoms with Crippen LogP contribution in [0.15, 0.2) is 66.9 Å². The van der Waals surface area contributed by atoms with Crippen LogP contribution in [0.4, 0.5) is 5.82 Å². The Kier molecular flexibility index (Phi) is 5.11. The van der Waals surface area contributed by atoms with Crippen molar-refractivity contribution in [1.82, 2.24) is 20.0 Å². The molecule has 2 heterocycles. The Balaban J connectivity index is 1.43. The van der Waals surface area contributed by atoms with E-state index < -0.39 is 0 Å². The largest absolute Gasteiger partial charge is 0.497 e. The van der Waals surface area contributed by atoms with E-state index in [-0.39, 0.29) is 5.91 Å². The highest BCUT2D eigenvalue weighted by Gasteiger charge is 2.13. The molecule has 0 saturated carbocycles. The maximum Gasteiger partial charge on any atom is 0.274 e. The van der Waals surface area contributed by atoms with Crippen molar-refractivity contribution >= 4 is 11.7 Å². The third-order valence-corrected chi connectivity index (χ3v) is 4.68. The summed E-state index contributed by atoms with van der Waals surface area (Å²) >= 11 is 0. The summed E-state index contributed by atoms with van der Waals surface area (Å²) in [4.78, 5) is 12.5. The van der Waals surface area contributed by atoms with Crippen LogP contribution in [0.1, 0.15) is 21.6 Å². The average Bonchev–Trinajstić information content (AvgIpc) is 3.40. The van der Waals surface area contributed by atoms with E-state index in [1.807, 2.05) is 42.6 Å². The monoisotopic (exact) mass is 387 g/mol. The molecule has 0 unspecified atom stereocenters. The Bertz CT molecular complexity index is 1130. The number of hydrogen-bond acceptors (Lipinski definition) is 4. The van der Waals surface area contributed by atoms with Gasteiger partial charge in [0.2, 0.25) is 0 Å². The second-order valence-electron chi connectivity index (χ2n) is 6.67. The zero-order chi connectivity index (χ0) is 20.2. The Labute approximate surface area is 168 Å². The fourth-order valence-electron chi connectivity index (χ4n) is 3.01. The van der Waals surface area contributed by atoms with Gasteiger partial charge in [-0.2, -0.15) is 10.2 Å². The number of rotatable bonds is 6. The van der Waals surface area contributed by atoms with Gasteiger partial charge in [0.1, 0.15) is 11.4 Å². The van der Waals surface area contributed by atoms with Gasteiger partial charge in [-0.15, -0.1) is 0 Å². The van der Waals surface area contributed by atoms with Gasteiger partial charge in [0.05, 0.1) is 19.3 Å². The summed E-state index contributed by atoms with van der Waals surface area (Å²) < 4.78 is 6.96. The molecule has 0 fully saturated rings. The number of carbonyl (C=O) groups is 1. The normalized spacial score (nSPS) is 10.7. The van der Waals surface area contributed by atoms with E-state index in [9.17, 15) is 4.79 Å². The number of carbonyl (C=O) groups excluding carboxylic acids is 1. The number of nitrogens with zero attached hydrogens (tertiary/aromatic N) is 3. The Hall–Kier alpha value is -3.87. The molecule has 0 aliphatic rings. The van der Waals surface area contributed by atoms with Crippen molar-refractivity contribution in [2.45, 2.75) is 13.5 Å². The highest BCUT2D eigenvalue weighted by molar-refractivity contribution is 6.02. The molecule has 0 saturated heterocycles. The maximum absolute atomic E-state index is 12.5. The summed E-state index contributed by atoms with van der Waals surface area (Å²) in [6.45, 7) is 2.72. The predicted octanol–water partition coefficient (Wildman–Crippen LogP) is 3.89. The van der Waals surface area contributed by atoms with Crippen LogP contribution >= 0.6 is 0 Å². The van der Waals surface area contributed by atoms with Crippen LogP contribution in [0.25, 0.3) is 11.3 Å². The second kappa shape index (κ2) is 8.02. The predicted molar refractivity (Wildman–Crippen MR) is 111 cm³/mol. The molecule has 7 heteroatoms. The topological polar surface area (TPSA) is 84.8 Å². The highest BCUT2D eigenvalue weighted by atomic mass is 16.5. The maximum atomic E-state index is 12.5. The van der Waals surface area contributed by atoms with Crippen LogP contribution in [0, 0.1) is 6.92 Å². The van der Waals surface area contributed by atoms with Crippen molar-refractivity contribution in [1.29, 1.82) is 0 Å². The molecule has 0 atom stereocenters. The standard InChI is InChI=1S/C22H21N5O2/c1-15-5-3-4-6-17(15)14-27-12-11-21(26-27)23-22(28)20-13-19(24-25-20)16-7-9-18(29-2)10-8-16/h3-13H,14H2,1-2H3,(H,24,25)(H,23,26,28). The van der Waals surface area contributed by atoms with E-state index >= 15 is 0 Å². The van der Waals surface area contributed by atoms with Crippen LogP contribution in [0.5, 0.6) is 5.75 Å². The van der Waals surface area contributed by atoms with Gasteiger partial charge in [-0.1, -0.05) is 24.3 Å². The molecule has 2 aromatic carbocycles. The van der Waals surface area contributed by atoms with E-state index in [0.717, 1.165) is 11.3 Å². The molecule has 0 bridgehead atoms. The number of aromatic nitrogens is 4. The number of methoxy groups -OCH3 is 1. The van der Waals surface area contributed by atoms with Crippen molar-refractivity contribution in [3.8, 4) is 17.0 Å². The second-order valence-corrected chi connectivity index (χ2v) is 6.67. The highest BCUT2D eigenvalue weighted by Crippen LogP contribution is 2.21. The first-order valence-corrected chi connectivity index (χ1v) is 9.21. The molecule has 0 aliphatic carbocycles. The first kappa shape index (κ1) is 18.5. The molecule has 1 amide bonds. The zero-order valence-corrected chi connectivity index (χ0v) is 16.2. The first-order valence-electron chi connectivity index (χ1n) is 9.21. The summed E-state index contributed by atoms with van der Waals surface area (Å²) in [6, 6.07) is 19.1. The Morgan fingerprint density at radius 2 is 1.93 bits per heavy atom. The number of aryl methyl sites for hydroxylation is 1. The number of hydrogen-bond donors (Lipinski definition) is 2. The Morgan fingerprint density at radius 3 is 2.69 bits per heavy atom. The molecule has 0 aliphatic heterocycles. The van der Waals surface area contributed by atoms with E-state index in [4.69, 9.17) is 4.74 Å². The van der Waals surface area contributed by atoms with Gasteiger partial charge in [0, 0.05) is 17.8 Å². The number of anilines is 1. The third-order valence-electron chi connectivity index (χ3n) is 4.68. The smallest absolute Gasteiger partial charge is 0.274 e. The van der Waals surface area contributed by atoms with Crippen LogP contribution < -0.4 is 10.1 Å². The van der Waals surface area contributed by atoms with Crippen LogP contribution in [-0.2, 0) is 6.54 Å². The lowest BCUT2D eigenvalue weighted by Crippen LogP contribution is -2.13. The zero-order valence-electron chi connectivity index (χ0n) is 16.2. The molecule has 29 heavy (non-hydrogen) atoms. The number of benzene rings is 2. The summed E-state index contributed by atoms with van der Waals surface area (Å²) in [7, 11) is 1.62. The molecular formula is C22H21N5O2. The molecular weight excluding hydrogens is 366 g/mol. The molecule has 146 valence electrons. The number of nitrogens with one attached hydrogen (secondary N) is 2. The summed E-state index contributed by atoms with van der Waals surface area (Å²) in [6.07, 6.45) is 1.85. The van der Waals surface area contributed by atoms with Gasteiger partial charge in [-0.05, 0) is 48.4 Å². The lowest BCUT2D eigenvalue weighted by Gasteiger charge is -2.05. The minimum absolute atomic E-state index is 0.293. The van der Waals surface area contributed by atoms with Crippen molar-refractivity contribution < 1.29 is 9.53 Å². The van der Waals surface area contributed by atoms with Gasteiger partial charge >= 0.3 is 0 Å². The molecule has 2 N–H and O–H groups in total. The van der Waals surface area contributed by atoms with Gasteiger partial charge in [0.15, 0.2) is 5.82 Å². The van der Waals surface area contributed by atoms with E-state index in [1.165, 1.54) is 11.1 Å². The van der Waals surface area contributed by atoms with Crippen LogP contribution in [0.2, 0.25) is 0 Å². The Morgan fingerprint density at radius 1 is 1.14 bits per heavy atom. The quantitative estimate of drug-likeness (QED) is 0.526. The minimum atomic E-state index is -0.293. The van der Waals surface area contributed by atoms with E-state index in [0.29, 0.717) is 23.8 Å². The summed E-state index contributed by atoms with van der Waals surface area (Å²) in [5, 5.41) is 14.2. The molecule has 0 radical (unpaired) electrons. The first-order chi connectivity index (χ1) is 14.1. The lowest BCUT2D eigenvalue weighted by atomic mass is 10.1. The number of amides is 1. The fraction of sp³-hybridized carbons (Fsp3) is 0.136. The minimum Gasteiger partial charge on any atom is -0.497 e. The van der Waals surface area contributed by atoms with Gasteiger partial charge in [0.25, 0.3) is 5.91 Å². The number of aromatic amines is 1. The molecule has 7 nitrogen and oxygen atoms in total. The van der Waals surface area contributed by atoms with Crippen molar-refractivity contribution in [2.24, 2.45) is 0 Å². The van der Waals surface area contributed by atoms with E-state index in [1.54, 1.807) is 23.9 Å². The number of ether oxygens (including phenoxy) is 1. The van der Waals surface area contributed by atoms with Gasteiger partial charge in [-0.25, -0.2) is 0 Å². The van der Waals surface area contributed by atoms with Crippen LogP contribution in [0.3, 0.4) is 0 Å². The fourth-order valence-corrected chi connectivity index (χ4v) is 3.01. The molecule has 4 rings (SSSR count). The third kappa shape index (κ3) is 4.19. The van der Waals surface area contributed by atoms with E-state index in [2.05, 4.69) is 39.7 Å². The SMILES string of the molecule is COc1ccc(-c2cc(C(=O)Nc3ccn(Cc4ccccc4C)n3)[nH]n2)cc1. The number of H-pyrrole nitrogens is 1. The average molecular weight is 387 g/mol. The summed E-state index contributed by atoms with van der Waals surface area (Å²) in [5.74, 6) is 0.964. The van der Waals surface area contributed by atoms with Gasteiger partial charge in [-0.3, -0.25) is 14.6 Å². The summed E-state index contributed by atoms with van der Waals surface area (Å²) in [5.41, 5.74) is 4.33. The van der Waals surface area contributed by atoms with Crippen molar-refractivity contribution in [2.75, 3.05) is 12.4 Å². The van der Waals surface area contributed by atoms with Crippen molar-refractivity contribution in [3.63, 3.8) is 0 Å².